The van der Waals surface area contributed by atoms with Gasteiger partial charge in [0.1, 0.15) is 5.37 Å². The van der Waals surface area contributed by atoms with Crippen molar-refractivity contribution in [1.82, 2.24) is 4.90 Å². The van der Waals surface area contributed by atoms with Gasteiger partial charge in [-0.2, -0.15) is 0 Å². The number of rotatable bonds is 3. The Morgan fingerprint density at radius 3 is 3.13 bits per heavy atom. The van der Waals surface area contributed by atoms with Gasteiger partial charge in [-0.25, -0.2) is 0 Å². The van der Waals surface area contributed by atoms with Gasteiger partial charge >= 0.3 is 5.97 Å². The molecule has 0 aromatic heterocycles. The first-order valence-corrected chi connectivity index (χ1v) is 5.74. The van der Waals surface area contributed by atoms with Crippen molar-refractivity contribution in [1.29, 1.82) is 0 Å². The number of amides is 1. The number of fused-ring (bicyclic) bond motifs is 1. The maximum Gasteiger partial charge on any atom is 0.322 e. The minimum absolute atomic E-state index is 0.211. The Morgan fingerprint density at radius 2 is 2.53 bits per heavy atom. The number of hydrogen-bond acceptors (Lipinski definition) is 4. The van der Waals surface area contributed by atoms with Crippen molar-refractivity contribution in [3.8, 4) is 0 Å². The van der Waals surface area contributed by atoms with E-state index >= 15 is 0 Å². The van der Waals surface area contributed by atoms with Crippen molar-refractivity contribution in [2.75, 3.05) is 12.3 Å². The Hall–Kier alpha value is -1.01. The summed E-state index contributed by atoms with van der Waals surface area (Å²) in [5.41, 5.74) is 4.10. The average Bonchev–Trinajstić information content (AvgIpc) is 2.24. The molecule has 0 aromatic rings. The second kappa shape index (κ2) is 3.53. The molecule has 1 unspecified atom stereocenters. The van der Waals surface area contributed by atoms with E-state index < -0.39 is 11.4 Å². The number of thioether (sulfide) groups is 1. The highest BCUT2D eigenvalue weighted by Gasteiger charge is 2.65. The molecule has 0 bridgehead atoms. The van der Waals surface area contributed by atoms with Crippen molar-refractivity contribution in [2.45, 2.75) is 11.8 Å². The molecule has 0 spiro atoms. The average molecular weight is 228 g/mol. The molecule has 2 heterocycles. The summed E-state index contributed by atoms with van der Waals surface area (Å²) in [4.78, 5) is 24.5. The van der Waals surface area contributed by atoms with Crippen molar-refractivity contribution in [3.63, 3.8) is 0 Å². The number of β-lactam (4-membered cyclic amide) rings is 1. The number of nitrogens with two attached hydrogens (primary N) is 1. The van der Waals surface area contributed by atoms with E-state index in [1.807, 2.05) is 6.08 Å². The van der Waals surface area contributed by atoms with Gasteiger partial charge in [0, 0.05) is 12.0 Å². The Labute approximate surface area is 91.3 Å². The summed E-state index contributed by atoms with van der Waals surface area (Å²) in [6.07, 6.45) is 3.73. The highest BCUT2D eigenvalue weighted by Crippen LogP contribution is 2.49. The third-order valence-corrected chi connectivity index (χ3v) is 4.16. The van der Waals surface area contributed by atoms with Crippen LogP contribution in [0.1, 0.15) is 6.42 Å². The smallest absolute Gasteiger partial charge is 0.322 e. The van der Waals surface area contributed by atoms with Crippen LogP contribution in [0.15, 0.2) is 12.3 Å². The van der Waals surface area contributed by atoms with Gasteiger partial charge in [0.15, 0.2) is 5.41 Å². The van der Waals surface area contributed by atoms with Gasteiger partial charge in [-0.1, -0.05) is 6.08 Å². The standard InChI is InChI=1S/C9H12N2O3S/c10-3-2-9(8(13)14)6(12)11-4-1-5-15-7(9)11/h1,4,7H,2-3,5,10H2,(H,13,14)/t7-,9?/m0/s1. The lowest BCUT2D eigenvalue weighted by Gasteiger charge is -2.52. The third-order valence-electron chi connectivity index (χ3n) is 2.83. The van der Waals surface area contributed by atoms with Gasteiger partial charge in [0.2, 0.25) is 5.91 Å². The van der Waals surface area contributed by atoms with Crippen LogP contribution in [0.5, 0.6) is 0 Å². The number of carbonyl (C=O) groups is 2. The predicted octanol–water partition coefficient (Wildman–Crippen LogP) is -0.165. The molecule has 0 aromatic carbocycles. The van der Waals surface area contributed by atoms with Crippen LogP contribution in [0.25, 0.3) is 0 Å². The van der Waals surface area contributed by atoms with E-state index in [9.17, 15) is 14.7 Å². The van der Waals surface area contributed by atoms with Gasteiger partial charge in [0.25, 0.3) is 0 Å². The Balaban J connectivity index is 2.31. The lowest BCUT2D eigenvalue weighted by Crippen LogP contribution is -2.70. The highest BCUT2D eigenvalue weighted by molar-refractivity contribution is 8.00. The molecule has 2 aliphatic rings. The van der Waals surface area contributed by atoms with Crippen LogP contribution < -0.4 is 5.73 Å². The molecule has 15 heavy (non-hydrogen) atoms. The van der Waals surface area contributed by atoms with Crippen molar-refractivity contribution in [2.24, 2.45) is 11.1 Å². The fourth-order valence-corrected chi connectivity index (χ4v) is 3.36. The number of carbonyl (C=O) groups excluding carboxylic acids is 1. The van der Waals surface area contributed by atoms with Crippen LogP contribution in [0, 0.1) is 5.41 Å². The van der Waals surface area contributed by atoms with E-state index in [2.05, 4.69) is 0 Å². The summed E-state index contributed by atoms with van der Waals surface area (Å²) in [6.45, 7) is 0.215. The first-order chi connectivity index (χ1) is 7.14. The third kappa shape index (κ3) is 1.21. The maximum absolute atomic E-state index is 11.8. The molecule has 0 radical (unpaired) electrons. The first-order valence-electron chi connectivity index (χ1n) is 4.69. The molecular formula is C9H12N2O3S. The summed E-state index contributed by atoms with van der Waals surface area (Å²) in [5, 5.41) is 8.90. The largest absolute Gasteiger partial charge is 0.480 e. The Bertz CT molecular complexity index is 344. The van der Waals surface area contributed by atoms with E-state index in [0.717, 1.165) is 5.75 Å². The van der Waals surface area contributed by atoms with Gasteiger partial charge in [-0.15, -0.1) is 11.8 Å². The van der Waals surface area contributed by atoms with Crippen LogP contribution in [0.3, 0.4) is 0 Å². The van der Waals surface area contributed by atoms with Crippen LogP contribution in [0.2, 0.25) is 0 Å². The van der Waals surface area contributed by atoms with Crippen LogP contribution >= 0.6 is 11.8 Å². The lowest BCUT2D eigenvalue weighted by molar-refractivity contribution is -0.176. The summed E-state index contributed by atoms with van der Waals surface area (Å²) in [6, 6.07) is 0. The van der Waals surface area contributed by atoms with E-state index in [1.165, 1.54) is 16.7 Å². The minimum atomic E-state index is -1.29. The summed E-state index contributed by atoms with van der Waals surface area (Å²) in [5.74, 6) is -0.649. The monoisotopic (exact) mass is 228 g/mol. The zero-order valence-electron chi connectivity index (χ0n) is 8.05. The number of hydrogen-bond donors (Lipinski definition) is 2. The van der Waals surface area contributed by atoms with E-state index in [-0.39, 0.29) is 24.2 Å². The van der Waals surface area contributed by atoms with Crippen molar-refractivity contribution in [3.05, 3.63) is 12.3 Å². The topological polar surface area (TPSA) is 83.6 Å². The van der Waals surface area contributed by atoms with Crippen LogP contribution in [-0.2, 0) is 9.59 Å². The number of carboxylic acids is 1. The Morgan fingerprint density at radius 1 is 1.80 bits per heavy atom. The van der Waals surface area contributed by atoms with Gasteiger partial charge < -0.3 is 15.7 Å². The second-order valence-electron chi connectivity index (χ2n) is 3.60. The maximum atomic E-state index is 11.8. The minimum Gasteiger partial charge on any atom is -0.480 e. The molecule has 0 saturated carbocycles. The molecule has 2 aliphatic heterocycles. The molecule has 1 fully saturated rings. The van der Waals surface area contributed by atoms with Gasteiger partial charge in [-0.3, -0.25) is 9.59 Å². The second-order valence-corrected chi connectivity index (χ2v) is 4.71. The van der Waals surface area contributed by atoms with E-state index in [1.54, 1.807) is 6.20 Å². The zero-order valence-corrected chi connectivity index (χ0v) is 8.87. The van der Waals surface area contributed by atoms with Crippen molar-refractivity contribution >= 4 is 23.6 Å². The zero-order chi connectivity index (χ0) is 11.1. The SMILES string of the molecule is NCCC1(C(=O)O)C(=O)N2C=CCS[C@H]21. The molecule has 5 nitrogen and oxygen atoms in total. The quantitative estimate of drug-likeness (QED) is 0.518. The molecule has 82 valence electrons. The van der Waals surface area contributed by atoms with Crippen molar-refractivity contribution < 1.29 is 14.7 Å². The Kier molecular flexibility index (Phi) is 2.47. The summed E-state index contributed by atoms with van der Waals surface area (Å²) < 4.78 is 0. The molecule has 1 amide bonds. The predicted molar refractivity (Wildman–Crippen MR) is 56.0 cm³/mol. The molecule has 1 saturated heterocycles. The van der Waals surface area contributed by atoms with Gasteiger partial charge in [0.05, 0.1) is 0 Å². The number of nitrogens with zero attached hydrogens (tertiary/aromatic N) is 1. The first kappa shape index (κ1) is 10.5. The van der Waals surface area contributed by atoms with Crippen LogP contribution in [0.4, 0.5) is 0 Å². The molecule has 0 aliphatic carbocycles. The normalized spacial score (nSPS) is 33.5. The molecule has 3 N–H and O–H groups in total. The fourth-order valence-electron chi connectivity index (χ4n) is 2.05. The summed E-state index contributed by atoms with van der Waals surface area (Å²) >= 11 is 1.47. The van der Waals surface area contributed by atoms with E-state index in [0.29, 0.717) is 0 Å². The summed E-state index contributed by atoms with van der Waals surface area (Å²) in [7, 11) is 0. The van der Waals surface area contributed by atoms with E-state index in [4.69, 9.17) is 5.73 Å². The lowest BCUT2D eigenvalue weighted by atomic mass is 9.75. The van der Waals surface area contributed by atoms with Gasteiger partial charge in [-0.05, 0) is 13.0 Å². The molecule has 2 rings (SSSR count). The number of aliphatic carboxylic acids is 1. The molecule has 6 heteroatoms. The molecular weight excluding hydrogens is 216 g/mol. The fraction of sp³-hybridized carbons (Fsp3) is 0.556. The highest BCUT2D eigenvalue weighted by atomic mass is 32.2. The van der Waals surface area contributed by atoms with Crippen LogP contribution in [-0.4, -0.2) is 39.6 Å². The number of carboxylic acid groups (broad SMARTS) is 1. The molecule has 2 atom stereocenters.